The maximum absolute atomic E-state index is 13.4. The van der Waals surface area contributed by atoms with Crippen LogP contribution in [0.1, 0.15) is 52.9 Å². The van der Waals surface area contributed by atoms with Crippen molar-refractivity contribution < 1.29 is 13.2 Å². The minimum Gasteiger partial charge on any atom is -0.298 e. The molecular weight excluding hydrogens is 409 g/mol. The molecule has 0 aliphatic rings. The molecule has 5 heteroatoms. The van der Waals surface area contributed by atoms with Crippen molar-refractivity contribution in [3.8, 4) is 11.3 Å². The van der Waals surface area contributed by atoms with E-state index in [9.17, 15) is 13.2 Å². The molecule has 0 saturated carbocycles. The van der Waals surface area contributed by atoms with E-state index in [0.717, 1.165) is 41.4 Å². The molecular formula is C27H31F3N2. The number of halogens is 3. The Morgan fingerprint density at radius 2 is 1.44 bits per heavy atom. The molecule has 32 heavy (non-hydrogen) atoms. The summed E-state index contributed by atoms with van der Waals surface area (Å²) in [6.45, 7) is 9.11. The van der Waals surface area contributed by atoms with Crippen molar-refractivity contribution >= 4 is 0 Å². The summed E-state index contributed by atoms with van der Waals surface area (Å²) in [4.78, 5) is 6.85. The van der Waals surface area contributed by atoms with Crippen LogP contribution in [0, 0.1) is 13.8 Å². The van der Waals surface area contributed by atoms with E-state index in [0.29, 0.717) is 6.54 Å². The van der Waals surface area contributed by atoms with Crippen LogP contribution in [0.2, 0.25) is 0 Å². The molecule has 0 bridgehead atoms. The molecule has 2 aromatic carbocycles. The third kappa shape index (κ3) is 5.21. The fourth-order valence-electron chi connectivity index (χ4n) is 4.35. The van der Waals surface area contributed by atoms with Gasteiger partial charge in [-0.15, -0.1) is 0 Å². The molecule has 0 aliphatic heterocycles. The fraction of sp³-hybridized carbons (Fsp3) is 0.370. The average molecular weight is 441 g/mol. The lowest BCUT2D eigenvalue weighted by molar-refractivity contribution is -0.138. The highest BCUT2D eigenvalue weighted by Crippen LogP contribution is 2.33. The number of pyridine rings is 1. The van der Waals surface area contributed by atoms with Gasteiger partial charge in [0.15, 0.2) is 0 Å². The minimum absolute atomic E-state index is 0.217. The molecule has 0 spiro atoms. The molecule has 1 aromatic heterocycles. The van der Waals surface area contributed by atoms with E-state index in [1.165, 1.54) is 22.8 Å². The van der Waals surface area contributed by atoms with Gasteiger partial charge in [0, 0.05) is 24.3 Å². The van der Waals surface area contributed by atoms with Gasteiger partial charge in [-0.25, -0.2) is 0 Å². The number of nitrogens with zero attached hydrogens (tertiary/aromatic N) is 2. The predicted octanol–water partition coefficient (Wildman–Crippen LogP) is 7.14. The standard InChI is InChI=1S/C27H31F3N2/c1-6-20-12-10-13-21(7-2)26(20)25-15-18(3)23(19(4)31-25)17-32(5)16-22-11-8-9-14-24(22)27(28,29)30/h8-15H,6-7,16-17H2,1-5H3. The topological polar surface area (TPSA) is 16.1 Å². The lowest BCUT2D eigenvalue weighted by atomic mass is 9.93. The number of aromatic nitrogens is 1. The number of aryl methyl sites for hydroxylation is 4. The zero-order valence-electron chi connectivity index (χ0n) is 19.5. The van der Waals surface area contributed by atoms with Crippen molar-refractivity contribution in [2.45, 2.75) is 59.8 Å². The van der Waals surface area contributed by atoms with Gasteiger partial charge < -0.3 is 0 Å². The van der Waals surface area contributed by atoms with Gasteiger partial charge in [-0.1, -0.05) is 50.2 Å². The molecule has 0 unspecified atom stereocenters. The Morgan fingerprint density at radius 3 is 2.00 bits per heavy atom. The van der Waals surface area contributed by atoms with Crippen molar-refractivity contribution in [2.75, 3.05) is 7.05 Å². The van der Waals surface area contributed by atoms with Gasteiger partial charge in [0.25, 0.3) is 0 Å². The van der Waals surface area contributed by atoms with Crippen molar-refractivity contribution in [3.63, 3.8) is 0 Å². The maximum Gasteiger partial charge on any atom is 0.416 e. The van der Waals surface area contributed by atoms with Crippen molar-refractivity contribution in [2.24, 2.45) is 0 Å². The summed E-state index contributed by atoms with van der Waals surface area (Å²) in [6, 6.07) is 14.3. The van der Waals surface area contributed by atoms with Crippen LogP contribution in [0.15, 0.2) is 48.5 Å². The molecule has 0 fully saturated rings. The summed E-state index contributed by atoms with van der Waals surface area (Å²) in [5, 5.41) is 0. The van der Waals surface area contributed by atoms with Gasteiger partial charge in [0.2, 0.25) is 0 Å². The molecule has 0 radical (unpaired) electrons. The third-order valence-electron chi connectivity index (χ3n) is 6.00. The molecule has 0 atom stereocenters. The molecule has 0 amide bonds. The first kappa shape index (κ1) is 24.0. The summed E-state index contributed by atoms with van der Waals surface area (Å²) in [6.07, 6.45) is -2.48. The largest absolute Gasteiger partial charge is 0.416 e. The van der Waals surface area contributed by atoms with Crippen LogP contribution in [-0.2, 0) is 32.1 Å². The van der Waals surface area contributed by atoms with E-state index in [2.05, 4.69) is 45.0 Å². The van der Waals surface area contributed by atoms with Crippen molar-refractivity contribution in [3.05, 3.63) is 87.6 Å². The summed E-state index contributed by atoms with van der Waals surface area (Å²) in [5.74, 6) is 0. The quantitative estimate of drug-likeness (QED) is 0.388. The lowest BCUT2D eigenvalue weighted by Gasteiger charge is -2.22. The molecule has 0 N–H and O–H groups in total. The molecule has 3 aromatic rings. The molecule has 1 heterocycles. The van der Waals surface area contributed by atoms with Crippen LogP contribution in [0.5, 0.6) is 0 Å². The smallest absolute Gasteiger partial charge is 0.298 e. The Morgan fingerprint density at radius 1 is 0.844 bits per heavy atom. The lowest BCUT2D eigenvalue weighted by Crippen LogP contribution is -2.21. The van der Waals surface area contributed by atoms with Gasteiger partial charge in [0.1, 0.15) is 0 Å². The fourth-order valence-corrected chi connectivity index (χ4v) is 4.35. The van der Waals surface area contributed by atoms with Gasteiger partial charge in [0.05, 0.1) is 11.3 Å². The van der Waals surface area contributed by atoms with Crippen molar-refractivity contribution in [1.29, 1.82) is 0 Å². The predicted molar refractivity (Wildman–Crippen MR) is 125 cm³/mol. The monoisotopic (exact) mass is 440 g/mol. The highest BCUT2D eigenvalue weighted by atomic mass is 19.4. The van der Waals surface area contributed by atoms with Crippen LogP contribution in [0.4, 0.5) is 13.2 Å². The first-order valence-corrected chi connectivity index (χ1v) is 11.1. The minimum atomic E-state index is -4.35. The summed E-state index contributed by atoms with van der Waals surface area (Å²) in [5.41, 5.74) is 7.55. The highest BCUT2D eigenvalue weighted by molar-refractivity contribution is 5.69. The zero-order valence-corrected chi connectivity index (χ0v) is 19.5. The first-order valence-electron chi connectivity index (χ1n) is 11.1. The van der Waals surface area contributed by atoms with Crippen LogP contribution in [0.25, 0.3) is 11.3 Å². The normalized spacial score (nSPS) is 11.9. The van der Waals surface area contributed by atoms with Crippen LogP contribution in [-0.4, -0.2) is 16.9 Å². The summed E-state index contributed by atoms with van der Waals surface area (Å²) < 4.78 is 40.1. The van der Waals surface area contributed by atoms with E-state index in [1.807, 2.05) is 18.9 Å². The Bertz CT molecular complexity index is 1040. The first-order chi connectivity index (χ1) is 15.2. The number of benzene rings is 2. The second-order valence-corrected chi connectivity index (χ2v) is 8.37. The Balaban J connectivity index is 1.90. The van der Waals surface area contributed by atoms with Gasteiger partial charge >= 0.3 is 6.18 Å². The summed E-state index contributed by atoms with van der Waals surface area (Å²) in [7, 11) is 1.85. The van der Waals surface area contributed by atoms with Gasteiger partial charge in [-0.2, -0.15) is 13.2 Å². The van der Waals surface area contributed by atoms with Crippen LogP contribution in [0.3, 0.4) is 0 Å². The Hall–Kier alpha value is -2.66. The molecule has 170 valence electrons. The van der Waals surface area contributed by atoms with Gasteiger partial charge in [-0.05, 0) is 73.7 Å². The number of hydrogen-bond acceptors (Lipinski definition) is 2. The van der Waals surface area contributed by atoms with E-state index >= 15 is 0 Å². The number of alkyl halides is 3. The van der Waals surface area contributed by atoms with E-state index in [4.69, 9.17) is 4.98 Å². The van der Waals surface area contributed by atoms with Gasteiger partial charge in [-0.3, -0.25) is 9.88 Å². The Labute approximate surface area is 189 Å². The van der Waals surface area contributed by atoms with Crippen LogP contribution >= 0.6 is 0 Å². The Kier molecular flexibility index (Phi) is 7.40. The highest BCUT2D eigenvalue weighted by Gasteiger charge is 2.33. The molecule has 0 aliphatic carbocycles. The second-order valence-electron chi connectivity index (χ2n) is 8.37. The summed E-state index contributed by atoms with van der Waals surface area (Å²) >= 11 is 0. The van der Waals surface area contributed by atoms with Crippen LogP contribution < -0.4 is 0 Å². The molecule has 0 saturated heterocycles. The number of hydrogen-bond donors (Lipinski definition) is 0. The molecule has 2 nitrogen and oxygen atoms in total. The second kappa shape index (κ2) is 9.86. The average Bonchev–Trinajstić information content (AvgIpc) is 2.75. The maximum atomic E-state index is 13.4. The third-order valence-corrected chi connectivity index (χ3v) is 6.00. The number of rotatable bonds is 7. The van der Waals surface area contributed by atoms with E-state index in [1.54, 1.807) is 12.1 Å². The zero-order chi connectivity index (χ0) is 23.5. The SMILES string of the molecule is CCc1cccc(CC)c1-c1cc(C)c(CN(C)Cc2ccccc2C(F)(F)F)c(C)n1. The van der Waals surface area contributed by atoms with E-state index in [-0.39, 0.29) is 12.1 Å². The van der Waals surface area contributed by atoms with E-state index < -0.39 is 11.7 Å². The molecule has 3 rings (SSSR count). The van der Waals surface area contributed by atoms with Crippen molar-refractivity contribution in [1.82, 2.24) is 9.88 Å².